The molecule has 0 spiro atoms. The monoisotopic (exact) mass is 438 g/mol. The van der Waals surface area contributed by atoms with Gasteiger partial charge in [0.15, 0.2) is 11.6 Å². The van der Waals surface area contributed by atoms with Gasteiger partial charge in [0.25, 0.3) is 5.56 Å². The predicted molar refractivity (Wildman–Crippen MR) is 125 cm³/mol. The minimum atomic E-state index is -0.460. The van der Waals surface area contributed by atoms with Crippen molar-refractivity contribution < 1.29 is 9.13 Å². The number of benzene rings is 2. The number of fused-ring (bicyclic) bond motifs is 1. The van der Waals surface area contributed by atoms with Crippen LogP contribution in [-0.4, -0.2) is 11.1 Å². The number of anilines is 2. The molecule has 1 aliphatic carbocycles. The molecule has 4 rings (SSSR count). The third-order valence-corrected chi connectivity index (χ3v) is 5.49. The third kappa shape index (κ3) is 4.83. The summed E-state index contributed by atoms with van der Waals surface area (Å²) in [5.41, 5.74) is 1.31. The Labute approximate surface area is 185 Å². The number of rotatable bonds is 6. The summed E-state index contributed by atoms with van der Waals surface area (Å²) in [7, 11) is 0. The summed E-state index contributed by atoms with van der Waals surface area (Å²) in [5.74, 6) is 0.549. The lowest BCUT2D eigenvalue weighted by Gasteiger charge is -2.19. The van der Waals surface area contributed by atoms with Gasteiger partial charge in [-0.15, -0.1) is 0 Å². The van der Waals surface area contributed by atoms with Gasteiger partial charge in [-0.3, -0.25) is 4.79 Å². The molecule has 2 aromatic carbocycles. The second-order valence-corrected chi connectivity index (χ2v) is 8.37. The smallest absolute Gasteiger partial charge is 0.257 e. The number of hydrogen-bond acceptors (Lipinski definition) is 3. The first kappa shape index (κ1) is 21.2. The van der Waals surface area contributed by atoms with Crippen LogP contribution in [0.3, 0.4) is 0 Å². The van der Waals surface area contributed by atoms with Gasteiger partial charge in [-0.2, -0.15) is 0 Å². The van der Waals surface area contributed by atoms with Crippen LogP contribution in [0.25, 0.3) is 10.8 Å². The lowest BCUT2D eigenvalue weighted by Crippen LogP contribution is -2.15. The molecule has 1 atom stereocenters. The Hall–Kier alpha value is -3.05. The molecular weight excluding hydrogens is 415 g/mol. The van der Waals surface area contributed by atoms with E-state index in [0.717, 1.165) is 22.4 Å². The van der Waals surface area contributed by atoms with Crippen LogP contribution in [0, 0.1) is 11.7 Å². The van der Waals surface area contributed by atoms with Crippen LogP contribution < -0.4 is 15.6 Å². The van der Waals surface area contributed by atoms with Crippen LogP contribution in [-0.2, 0) is 6.42 Å². The van der Waals surface area contributed by atoms with E-state index in [4.69, 9.17) is 16.3 Å². The quantitative estimate of drug-likeness (QED) is 0.465. The van der Waals surface area contributed by atoms with Gasteiger partial charge in [0.05, 0.1) is 6.10 Å². The Kier molecular flexibility index (Phi) is 6.14. The summed E-state index contributed by atoms with van der Waals surface area (Å²) in [5, 5.41) is 5.45. The molecule has 1 heterocycles. The molecule has 6 heteroatoms. The molecular formula is C25H24ClFN2O2. The Morgan fingerprint density at radius 3 is 2.68 bits per heavy atom. The molecule has 0 saturated carbocycles. The molecule has 0 fully saturated rings. The summed E-state index contributed by atoms with van der Waals surface area (Å²) in [4.78, 5) is 15.6. The number of ether oxygens (including phenoxy) is 1. The topological polar surface area (TPSA) is 54.1 Å². The van der Waals surface area contributed by atoms with Crippen LogP contribution in [0.2, 0.25) is 0 Å². The fraction of sp³-hybridized carbons (Fsp3) is 0.240. The van der Waals surface area contributed by atoms with Crippen molar-refractivity contribution in [2.24, 2.45) is 5.92 Å². The van der Waals surface area contributed by atoms with Crippen molar-refractivity contribution in [2.75, 3.05) is 5.32 Å². The van der Waals surface area contributed by atoms with Gasteiger partial charge in [0.1, 0.15) is 5.82 Å². The molecule has 2 N–H and O–H groups in total. The van der Waals surface area contributed by atoms with Crippen LogP contribution in [0.4, 0.5) is 15.9 Å². The van der Waals surface area contributed by atoms with Crippen LogP contribution in [0.15, 0.2) is 70.5 Å². The van der Waals surface area contributed by atoms with E-state index in [0.29, 0.717) is 23.3 Å². The maximum atomic E-state index is 14.5. The van der Waals surface area contributed by atoms with E-state index in [1.54, 1.807) is 12.1 Å². The Bertz CT molecular complexity index is 1230. The first-order valence-electron chi connectivity index (χ1n) is 10.3. The number of aromatic amines is 1. The van der Waals surface area contributed by atoms with Gasteiger partial charge in [0.2, 0.25) is 0 Å². The largest absolute Gasteiger partial charge is 0.488 e. The molecule has 3 aromatic rings. The molecule has 0 radical (unpaired) electrons. The molecule has 0 amide bonds. The first-order chi connectivity index (χ1) is 14.9. The molecule has 31 heavy (non-hydrogen) atoms. The van der Waals surface area contributed by atoms with Gasteiger partial charge in [-0.05, 0) is 62.3 Å². The summed E-state index contributed by atoms with van der Waals surface area (Å²) < 4.78 is 20.0. The highest BCUT2D eigenvalue weighted by molar-refractivity contribution is 6.31. The number of aromatic nitrogens is 1. The van der Waals surface area contributed by atoms with Gasteiger partial charge in [-0.1, -0.05) is 42.0 Å². The summed E-state index contributed by atoms with van der Waals surface area (Å²) in [6.07, 6.45) is 7.38. The first-order valence-corrected chi connectivity index (χ1v) is 10.7. The minimum absolute atomic E-state index is 0.122. The lowest BCUT2D eigenvalue weighted by atomic mass is 9.91. The molecule has 1 aliphatic rings. The second-order valence-electron chi connectivity index (χ2n) is 7.94. The van der Waals surface area contributed by atoms with Gasteiger partial charge >= 0.3 is 0 Å². The lowest BCUT2D eigenvalue weighted by molar-refractivity contribution is 0.231. The maximum Gasteiger partial charge on any atom is 0.257 e. The maximum absolute atomic E-state index is 14.5. The zero-order valence-electron chi connectivity index (χ0n) is 17.4. The Morgan fingerprint density at radius 2 is 2.00 bits per heavy atom. The van der Waals surface area contributed by atoms with Gasteiger partial charge in [-0.25, -0.2) is 4.39 Å². The van der Waals surface area contributed by atoms with Crippen molar-refractivity contribution in [1.82, 2.24) is 4.98 Å². The van der Waals surface area contributed by atoms with Gasteiger partial charge in [0, 0.05) is 27.7 Å². The summed E-state index contributed by atoms with van der Waals surface area (Å²) in [6.45, 7) is 3.69. The summed E-state index contributed by atoms with van der Waals surface area (Å²) in [6, 6.07) is 12.2. The minimum Gasteiger partial charge on any atom is -0.488 e. The number of halogens is 2. The fourth-order valence-corrected chi connectivity index (χ4v) is 3.94. The zero-order chi connectivity index (χ0) is 22.0. The number of H-pyrrole nitrogens is 1. The van der Waals surface area contributed by atoms with Crippen LogP contribution in [0.1, 0.15) is 25.8 Å². The highest BCUT2D eigenvalue weighted by Gasteiger charge is 2.17. The van der Waals surface area contributed by atoms with E-state index in [1.807, 2.05) is 50.3 Å². The molecule has 4 nitrogen and oxygen atoms in total. The molecule has 0 saturated heterocycles. The highest BCUT2D eigenvalue weighted by Crippen LogP contribution is 2.31. The van der Waals surface area contributed by atoms with E-state index < -0.39 is 5.82 Å². The van der Waals surface area contributed by atoms with Crippen molar-refractivity contribution in [3.05, 3.63) is 87.5 Å². The van der Waals surface area contributed by atoms with E-state index in [1.165, 1.54) is 6.07 Å². The van der Waals surface area contributed by atoms with Gasteiger partial charge < -0.3 is 15.0 Å². The zero-order valence-corrected chi connectivity index (χ0v) is 18.2. The molecule has 1 unspecified atom stereocenters. The van der Waals surface area contributed by atoms with Crippen LogP contribution in [0.5, 0.6) is 5.75 Å². The van der Waals surface area contributed by atoms with E-state index in [9.17, 15) is 9.18 Å². The van der Waals surface area contributed by atoms with Crippen molar-refractivity contribution in [3.8, 4) is 5.75 Å². The van der Waals surface area contributed by atoms with Crippen molar-refractivity contribution in [1.29, 1.82) is 0 Å². The third-order valence-electron chi connectivity index (χ3n) is 5.21. The Balaban J connectivity index is 1.72. The molecule has 1 aromatic heterocycles. The van der Waals surface area contributed by atoms with E-state index >= 15 is 0 Å². The van der Waals surface area contributed by atoms with Crippen molar-refractivity contribution in [3.63, 3.8) is 0 Å². The molecule has 0 aliphatic heterocycles. The standard InChI is InChI=1S/C25H24ClFN2O2/c1-15(2)31-23-12-11-18(14-22(23)27)28-24-21(13-16-7-9-17(26)10-8-16)19-5-3-4-6-20(19)25(30)29-24/h3-7,9-12,14-16H,8,13H2,1-2H3,(H2,28,29,30). The predicted octanol–water partition coefficient (Wildman–Crippen LogP) is 6.44. The average Bonchev–Trinajstić information content (AvgIpc) is 2.74. The highest BCUT2D eigenvalue weighted by atomic mass is 35.5. The fourth-order valence-electron chi connectivity index (χ4n) is 3.78. The number of pyridine rings is 1. The number of allylic oxidation sites excluding steroid dienone is 4. The second kappa shape index (κ2) is 8.98. The van der Waals surface area contributed by atoms with Crippen LogP contribution >= 0.6 is 11.6 Å². The van der Waals surface area contributed by atoms with E-state index in [2.05, 4.69) is 16.4 Å². The number of hydrogen-bond donors (Lipinski definition) is 2. The van der Waals surface area contributed by atoms with E-state index in [-0.39, 0.29) is 23.3 Å². The molecule has 0 bridgehead atoms. The summed E-state index contributed by atoms with van der Waals surface area (Å²) >= 11 is 6.07. The molecule has 160 valence electrons. The SMILES string of the molecule is CC(C)Oc1ccc(Nc2[nH]c(=O)c3ccccc3c2CC2C=CC(Cl)=CC2)cc1F. The number of nitrogens with one attached hydrogen (secondary N) is 2. The normalized spacial score (nSPS) is 15.9. The van der Waals surface area contributed by atoms with Crippen molar-refractivity contribution in [2.45, 2.75) is 32.8 Å². The Morgan fingerprint density at radius 1 is 1.23 bits per heavy atom. The van der Waals surface area contributed by atoms with Crippen molar-refractivity contribution >= 4 is 33.9 Å². The average molecular weight is 439 g/mol.